The number of hydrogen-bond acceptors (Lipinski definition) is 5. The van der Waals surface area contributed by atoms with E-state index in [0.717, 1.165) is 29.4 Å². The zero-order valence-corrected chi connectivity index (χ0v) is 13.6. The Kier molecular flexibility index (Phi) is 3.93. The number of fused-ring (bicyclic) bond motifs is 1. The van der Waals surface area contributed by atoms with E-state index in [9.17, 15) is 8.78 Å². The molecule has 128 valence electrons. The molecule has 7 heteroatoms. The maximum atomic E-state index is 13.7. The van der Waals surface area contributed by atoms with Crippen molar-refractivity contribution < 1.29 is 13.2 Å². The van der Waals surface area contributed by atoms with Gasteiger partial charge >= 0.3 is 0 Å². The highest BCUT2D eigenvalue weighted by atomic mass is 19.1. The van der Waals surface area contributed by atoms with Crippen molar-refractivity contribution in [1.29, 1.82) is 0 Å². The summed E-state index contributed by atoms with van der Waals surface area (Å²) in [5.74, 6) is -0.730. The summed E-state index contributed by atoms with van der Waals surface area (Å²) in [4.78, 5) is 4.09. The highest BCUT2D eigenvalue weighted by Gasteiger charge is 2.21. The molecule has 0 fully saturated rings. The first-order chi connectivity index (χ1) is 12.1. The second-order valence-electron chi connectivity index (χ2n) is 6.10. The van der Waals surface area contributed by atoms with Gasteiger partial charge in [0, 0.05) is 42.6 Å². The van der Waals surface area contributed by atoms with E-state index in [1.54, 1.807) is 0 Å². The van der Waals surface area contributed by atoms with Gasteiger partial charge in [0.25, 0.3) is 0 Å². The standard InChI is InChI=1S/C18H16F2N4O/c1-23-4-5-24(16-8-14(19)7-15(20)9-16)17-3-2-12(6-13(17)10-23)18-22-21-11-25-18/h2-3,6-9,11H,4-5,10H2,1H3. The van der Waals surface area contributed by atoms with E-state index in [4.69, 9.17) is 4.42 Å². The van der Waals surface area contributed by atoms with Crippen molar-refractivity contribution in [3.8, 4) is 11.5 Å². The van der Waals surface area contributed by atoms with Gasteiger partial charge in [-0.05, 0) is 42.9 Å². The van der Waals surface area contributed by atoms with Crippen LogP contribution in [0, 0.1) is 11.6 Å². The molecule has 2 heterocycles. The first kappa shape index (κ1) is 15.7. The zero-order chi connectivity index (χ0) is 17.4. The van der Waals surface area contributed by atoms with Gasteiger partial charge in [-0.1, -0.05) is 0 Å². The molecule has 0 N–H and O–H groups in total. The molecule has 0 saturated carbocycles. The van der Waals surface area contributed by atoms with Crippen molar-refractivity contribution in [1.82, 2.24) is 15.1 Å². The van der Waals surface area contributed by atoms with Crippen LogP contribution in [-0.4, -0.2) is 35.2 Å². The summed E-state index contributed by atoms with van der Waals surface area (Å²) < 4.78 is 32.6. The summed E-state index contributed by atoms with van der Waals surface area (Å²) in [7, 11) is 2.01. The average molecular weight is 342 g/mol. The number of rotatable bonds is 2. The van der Waals surface area contributed by atoms with Gasteiger partial charge in [-0.3, -0.25) is 0 Å². The van der Waals surface area contributed by atoms with Crippen LogP contribution in [0.25, 0.3) is 11.5 Å². The Morgan fingerprint density at radius 3 is 2.56 bits per heavy atom. The second-order valence-corrected chi connectivity index (χ2v) is 6.10. The first-order valence-corrected chi connectivity index (χ1v) is 7.92. The van der Waals surface area contributed by atoms with E-state index in [1.165, 1.54) is 18.5 Å². The molecule has 3 aromatic rings. The third kappa shape index (κ3) is 3.10. The van der Waals surface area contributed by atoms with Gasteiger partial charge in [-0.25, -0.2) is 8.78 Å². The molecule has 0 amide bonds. The summed E-state index contributed by atoms with van der Waals surface area (Å²) in [5, 5.41) is 7.64. The van der Waals surface area contributed by atoms with Crippen LogP contribution in [0.2, 0.25) is 0 Å². The summed E-state index contributed by atoms with van der Waals surface area (Å²) in [6.45, 7) is 2.11. The van der Waals surface area contributed by atoms with Crippen LogP contribution in [0.4, 0.5) is 20.2 Å². The molecule has 5 nitrogen and oxygen atoms in total. The molecule has 1 aromatic heterocycles. The highest BCUT2D eigenvalue weighted by Crippen LogP contribution is 2.34. The summed E-state index contributed by atoms with van der Waals surface area (Å²) in [5.41, 5.74) is 3.26. The van der Waals surface area contributed by atoms with Gasteiger partial charge in [0.1, 0.15) is 11.6 Å². The van der Waals surface area contributed by atoms with E-state index in [2.05, 4.69) is 15.1 Å². The SMILES string of the molecule is CN1CCN(c2cc(F)cc(F)c2)c2ccc(-c3nnco3)cc2C1. The van der Waals surface area contributed by atoms with Crippen molar-refractivity contribution in [3.05, 3.63) is 60.0 Å². The van der Waals surface area contributed by atoms with Crippen LogP contribution in [0.15, 0.2) is 47.2 Å². The van der Waals surface area contributed by atoms with Crippen molar-refractivity contribution in [2.75, 3.05) is 25.0 Å². The maximum Gasteiger partial charge on any atom is 0.247 e. The molecule has 0 atom stereocenters. The Balaban J connectivity index is 1.81. The maximum absolute atomic E-state index is 13.7. The van der Waals surface area contributed by atoms with Crippen molar-refractivity contribution in [2.24, 2.45) is 0 Å². The number of anilines is 2. The Morgan fingerprint density at radius 2 is 1.84 bits per heavy atom. The van der Waals surface area contributed by atoms with Crippen LogP contribution < -0.4 is 4.90 Å². The largest absolute Gasteiger partial charge is 0.423 e. The van der Waals surface area contributed by atoms with E-state index in [0.29, 0.717) is 24.7 Å². The van der Waals surface area contributed by atoms with E-state index < -0.39 is 11.6 Å². The van der Waals surface area contributed by atoms with Crippen molar-refractivity contribution in [3.63, 3.8) is 0 Å². The van der Waals surface area contributed by atoms with Gasteiger partial charge in [-0.2, -0.15) is 0 Å². The first-order valence-electron chi connectivity index (χ1n) is 7.92. The lowest BCUT2D eigenvalue weighted by atomic mass is 10.1. The fraction of sp³-hybridized carbons (Fsp3) is 0.222. The van der Waals surface area contributed by atoms with Gasteiger partial charge in [0.15, 0.2) is 0 Å². The number of hydrogen-bond donors (Lipinski definition) is 0. The van der Waals surface area contributed by atoms with E-state index >= 15 is 0 Å². The predicted octanol–water partition coefficient (Wildman–Crippen LogP) is 3.60. The van der Waals surface area contributed by atoms with Gasteiger partial charge in [-0.15, -0.1) is 10.2 Å². The number of aromatic nitrogens is 2. The topological polar surface area (TPSA) is 45.4 Å². The van der Waals surface area contributed by atoms with Crippen LogP contribution in [0.3, 0.4) is 0 Å². The summed E-state index contributed by atoms with van der Waals surface area (Å²) >= 11 is 0. The van der Waals surface area contributed by atoms with E-state index in [1.807, 2.05) is 30.1 Å². The summed E-state index contributed by atoms with van der Waals surface area (Å²) in [6.07, 6.45) is 1.29. The fourth-order valence-corrected chi connectivity index (χ4v) is 3.13. The molecule has 0 radical (unpaired) electrons. The number of likely N-dealkylation sites (N-methyl/N-ethyl adjacent to an activating group) is 1. The van der Waals surface area contributed by atoms with Crippen molar-refractivity contribution in [2.45, 2.75) is 6.54 Å². The predicted molar refractivity (Wildman–Crippen MR) is 89.4 cm³/mol. The number of benzene rings is 2. The molecule has 0 saturated heterocycles. The van der Waals surface area contributed by atoms with Crippen LogP contribution in [0.1, 0.15) is 5.56 Å². The van der Waals surface area contributed by atoms with Crippen molar-refractivity contribution >= 4 is 11.4 Å². The lowest BCUT2D eigenvalue weighted by Crippen LogP contribution is -2.26. The van der Waals surface area contributed by atoms with Gasteiger partial charge in [0.05, 0.1) is 0 Å². The smallest absolute Gasteiger partial charge is 0.247 e. The molecule has 1 aliphatic rings. The molecular weight excluding hydrogens is 326 g/mol. The number of nitrogens with zero attached hydrogens (tertiary/aromatic N) is 4. The van der Waals surface area contributed by atoms with Gasteiger partial charge < -0.3 is 14.2 Å². The Bertz CT molecular complexity index is 878. The quantitative estimate of drug-likeness (QED) is 0.712. The molecule has 0 unspecified atom stereocenters. The Labute approximate surface area is 143 Å². The Morgan fingerprint density at radius 1 is 1.04 bits per heavy atom. The molecular formula is C18H16F2N4O. The molecule has 2 aromatic carbocycles. The molecule has 0 spiro atoms. The van der Waals surface area contributed by atoms with Gasteiger partial charge in [0.2, 0.25) is 12.3 Å². The average Bonchev–Trinajstić information content (AvgIpc) is 3.04. The number of halogens is 2. The van der Waals surface area contributed by atoms with Crippen LogP contribution in [-0.2, 0) is 6.54 Å². The third-order valence-electron chi connectivity index (χ3n) is 4.28. The molecule has 4 rings (SSSR count). The molecule has 0 bridgehead atoms. The third-order valence-corrected chi connectivity index (χ3v) is 4.28. The minimum atomic E-state index is -0.586. The Hall–Kier alpha value is -2.80. The monoisotopic (exact) mass is 342 g/mol. The van der Waals surface area contributed by atoms with E-state index in [-0.39, 0.29) is 0 Å². The second kappa shape index (κ2) is 6.25. The lowest BCUT2D eigenvalue weighted by Gasteiger charge is -2.25. The summed E-state index contributed by atoms with van der Waals surface area (Å²) in [6, 6.07) is 9.37. The molecule has 1 aliphatic heterocycles. The fourth-order valence-electron chi connectivity index (χ4n) is 3.13. The minimum Gasteiger partial charge on any atom is -0.423 e. The molecule has 0 aliphatic carbocycles. The van der Waals surface area contributed by atoms with Crippen LogP contribution in [0.5, 0.6) is 0 Å². The minimum absolute atomic E-state index is 0.443. The normalized spacial score (nSPS) is 15.1. The zero-order valence-electron chi connectivity index (χ0n) is 13.6. The lowest BCUT2D eigenvalue weighted by molar-refractivity contribution is 0.343. The van der Waals surface area contributed by atoms with Crippen LogP contribution >= 0.6 is 0 Å². The molecule has 25 heavy (non-hydrogen) atoms. The highest BCUT2D eigenvalue weighted by molar-refractivity contribution is 5.71.